The first-order chi connectivity index (χ1) is 16.5. The molecule has 172 valence electrons. The smallest absolute Gasteiger partial charge is 0.216 e. The van der Waals surface area contributed by atoms with Crippen molar-refractivity contribution in [3.8, 4) is 5.88 Å². The molecule has 4 rings (SSSR count). The van der Waals surface area contributed by atoms with E-state index in [0.29, 0.717) is 34.0 Å². The Balaban J connectivity index is 1.71. The second-order valence-electron chi connectivity index (χ2n) is 8.35. The van der Waals surface area contributed by atoms with Gasteiger partial charge in [-0.2, -0.15) is 0 Å². The van der Waals surface area contributed by atoms with Crippen molar-refractivity contribution in [3.63, 3.8) is 0 Å². The Kier molecular flexibility index (Phi) is 7.66. The predicted molar refractivity (Wildman–Crippen MR) is 142 cm³/mol. The van der Waals surface area contributed by atoms with E-state index in [4.69, 9.17) is 32.9 Å². The Morgan fingerprint density at radius 1 is 0.882 bits per heavy atom. The summed E-state index contributed by atoms with van der Waals surface area (Å²) in [6.07, 6.45) is 2.38. The minimum atomic E-state index is 0.291. The molecule has 0 aliphatic rings. The summed E-state index contributed by atoms with van der Waals surface area (Å²) in [7, 11) is 1.64. The van der Waals surface area contributed by atoms with Crippen LogP contribution in [0.15, 0.2) is 90.1 Å². The van der Waals surface area contributed by atoms with Crippen LogP contribution in [0.25, 0.3) is 0 Å². The van der Waals surface area contributed by atoms with Crippen molar-refractivity contribution in [1.82, 2.24) is 4.98 Å². The molecule has 0 N–H and O–H groups in total. The number of ether oxygens (including phenoxy) is 1. The number of halogens is 2. The van der Waals surface area contributed by atoms with Crippen LogP contribution in [0.1, 0.15) is 47.6 Å². The number of hydrogen-bond donors (Lipinski definition) is 0. The van der Waals surface area contributed by atoms with Crippen LogP contribution in [-0.2, 0) is 6.42 Å². The van der Waals surface area contributed by atoms with Gasteiger partial charge in [-0.15, -0.1) is 0 Å². The van der Waals surface area contributed by atoms with E-state index in [1.165, 1.54) is 0 Å². The highest BCUT2D eigenvalue weighted by molar-refractivity contribution is 6.36. The lowest BCUT2D eigenvalue weighted by molar-refractivity contribution is 0.390. The molecular weight excluding hydrogens is 463 g/mol. The number of nitrogens with zero attached hydrogens (tertiary/aromatic N) is 2. The second kappa shape index (κ2) is 10.9. The van der Waals surface area contributed by atoms with Crippen molar-refractivity contribution < 1.29 is 4.74 Å². The summed E-state index contributed by atoms with van der Waals surface area (Å²) in [5.74, 6) is 0.939. The SMILES string of the molecule is COc1ncc(Cc2c(Cl)cc(N=C(c3ccccc3)c3ccccc3)cc2Cl)cc1C(C)C. The molecule has 4 aromatic rings. The van der Waals surface area contributed by atoms with Crippen molar-refractivity contribution in [2.24, 2.45) is 4.99 Å². The van der Waals surface area contributed by atoms with Crippen molar-refractivity contribution in [1.29, 1.82) is 0 Å². The molecule has 1 aromatic heterocycles. The molecule has 0 saturated heterocycles. The molecule has 0 aliphatic heterocycles. The van der Waals surface area contributed by atoms with E-state index >= 15 is 0 Å². The number of methoxy groups -OCH3 is 1. The van der Waals surface area contributed by atoms with Crippen LogP contribution in [0.5, 0.6) is 5.88 Å². The third kappa shape index (κ3) is 5.49. The fourth-order valence-electron chi connectivity index (χ4n) is 3.84. The van der Waals surface area contributed by atoms with Crippen LogP contribution in [0, 0.1) is 0 Å². The lowest BCUT2D eigenvalue weighted by Crippen LogP contribution is -2.03. The van der Waals surface area contributed by atoms with Crippen LogP contribution < -0.4 is 4.74 Å². The molecular formula is C29H26Cl2N2O. The molecule has 5 heteroatoms. The molecule has 3 aromatic carbocycles. The van der Waals surface area contributed by atoms with Gasteiger partial charge in [0.25, 0.3) is 0 Å². The lowest BCUT2D eigenvalue weighted by Gasteiger charge is -2.14. The number of aliphatic imine (C=N–C) groups is 1. The number of rotatable bonds is 7. The molecule has 0 aliphatic carbocycles. The zero-order valence-electron chi connectivity index (χ0n) is 19.4. The van der Waals surface area contributed by atoms with E-state index in [-0.39, 0.29) is 0 Å². The summed E-state index contributed by atoms with van der Waals surface area (Å²) in [6, 6.07) is 26.0. The Labute approximate surface area is 211 Å². The zero-order chi connectivity index (χ0) is 24.1. The maximum atomic E-state index is 6.72. The minimum absolute atomic E-state index is 0.291. The summed E-state index contributed by atoms with van der Waals surface area (Å²) in [5, 5.41) is 1.15. The molecule has 0 saturated carbocycles. The molecule has 3 nitrogen and oxygen atoms in total. The molecule has 0 unspecified atom stereocenters. The van der Waals surface area contributed by atoms with Crippen molar-refractivity contribution >= 4 is 34.6 Å². The van der Waals surface area contributed by atoms with Gasteiger partial charge in [0.15, 0.2) is 0 Å². The third-order valence-corrected chi connectivity index (χ3v) is 6.27. The standard InChI is InChI=1S/C29H26Cl2N2O/c1-19(2)24-14-20(18-32-29(24)34-3)15-25-26(30)16-23(17-27(25)31)33-28(21-10-6-4-7-11-21)22-12-8-5-9-13-22/h4-14,16-19H,15H2,1-3H3. The number of benzene rings is 3. The zero-order valence-corrected chi connectivity index (χ0v) is 20.9. The average Bonchev–Trinajstić information content (AvgIpc) is 2.85. The molecule has 0 atom stereocenters. The van der Waals surface area contributed by atoms with E-state index in [9.17, 15) is 0 Å². The number of aromatic nitrogens is 1. The van der Waals surface area contributed by atoms with Crippen molar-refractivity contribution in [3.05, 3.63) is 123 Å². The molecule has 0 bridgehead atoms. The first-order valence-corrected chi connectivity index (χ1v) is 11.9. The van der Waals surface area contributed by atoms with Gasteiger partial charge < -0.3 is 4.74 Å². The molecule has 1 heterocycles. The maximum absolute atomic E-state index is 6.72. The van der Waals surface area contributed by atoms with Crippen LogP contribution in [-0.4, -0.2) is 17.8 Å². The maximum Gasteiger partial charge on any atom is 0.216 e. The number of pyridine rings is 1. The van der Waals surface area contributed by atoms with E-state index in [2.05, 4.69) is 24.9 Å². The summed E-state index contributed by atoms with van der Waals surface area (Å²) in [6.45, 7) is 4.24. The molecule has 0 spiro atoms. The Bertz CT molecular complexity index is 1240. The Hall–Kier alpha value is -3.14. The Morgan fingerprint density at radius 3 is 1.94 bits per heavy atom. The summed E-state index contributed by atoms with van der Waals surface area (Å²) in [5.41, 5.74) is 6.55. The number of hydrogen-bond acceptors (Lipinski definition) is 3. The van der Waals surface area contributed by atoms with Gasteiger partial charge in [0, 0.05) is 39.4 Å². The van der Waals surface area contributed by atoms with Gasteiger partial charge in [-0.1, -0.05) is 97.7 Å². The van der Waals surface area contributed by atoms with Crippen molar-refractivity contribution in [2.45, 2.75) is 26.2 Å². The van der Waals surface area contributed by atoms with Gasteiger partial charge in [-0.05, 0) is 35.2 Å². The highest BCUT2D eigenvalue weighted by atomic mass is 35.5. The summed E-state index contributed by atoms with van der Waals surface area (Å²) in [4.78, 5) is 9.42. The Morgan fingerprint density at radius 2 is 1.44 bits per heavy atom. The van der Waals surface area contributed by atoms with E-state index in [1.807, 2.05) is 79.0 Å². The summed E-state index contributed by atoms with van der Waals surface area (Å²) < 4.78 is 5.41. The van der Waals surface area contributed by atoms with Gasteiger partial charge in [0.05, 0.1) is 18.5 Å². The highest BCUT2D eigenvalue weighted by Gasteiger charge is 2.14. The first-order valence-electron chi connectivity index (χ1n) is 11.2. The average molecular weight is 489 g/mol. The van der Waals surface area contributed by atoms with Crippen LogP contribution in [0.4, 0.5) is 5.69 Å². The van der Waals surface area contributed by atoms with Crippen LogP contribution in [0.2, 0.25) is 10.0 Å². The van der Waals surface area contributed by atoms with Gasteiger partial charge in [0.1, 0.15) is 0 Å². The second-order valence-corrected chi connectivity index (χ2v) is 9.17. The lowest BCUT2D eigenvalue weighted by atomic mass is 9.99. The minimum Gasteiger partial charge on any atom is -0.481 e. The highest BCUT2D eigenvalue weighted by Crippen LogP contribution is 2.34. The van der Waals surface area contributed by atoms with Gasteiger partial charge in [0.2, 0.25) is 5.88 Å². The monoisotopic (exact) mass is 488 g/mol. The van der Waals surface area contributed by atoms with Gasteiger partial charge >= 0.3 is 0 Å². The predicted octanol–water partition coefficient (Wildman–Crippen LogP) is 8.28. The van der Waals surface area contributed by atoms with E-state index in [1.54, 1.807) is 7.11 Å². The summed E-state index contributed by atoms with van der Waals surface area (Å²) >= 11 is 13.4. The molecule has 0 fully saturated rings. The first kappa shape index (κ1) is 24.0. The quantitative estimate of drug-likeness (QED) is 0.245. The van der Waals surface area contributed by atoms with Gasteiger partial charge in [-0.25, -0.2) is 9.98 Å². The normalized spacial score (nSPS) is 10.9. The fourth-order valence-corrected chi connectivity index (χ4v) is 4.45. The topological polar surface area (TPSA) is 34.5 Å². The fraction of sp³-hybridized carbons (Fsp3) is 0.172. The molecule has 0 amide bonds. The largest absolute Gasteiger partial charge is 0.481 e. The van der Waals surface area contributed by atoms with Crippen molar-refractivity contribution in [2.75, 3.05) is 7.11 Å². The van der Waals surface area contributed by atoms with E-state index < -0.39 is 0 Å². The van der Waals surface area contributed by atoms with E-state index in [0.717, 1.165) is 33.5 Å². The molecule has 34 heavy (non-hydrogen) atoms. The van der Waals surface area contributed by atoms with Gasteiger partial charge in [-0.3, -0.25) is 0 Å². The third-order valence-electron chi connectivity index (χ3n) is 5.59. The van der Waals surface area contributed by atoms with Crippen LogP contribution in [0.3, 0.4) is 0 Å². The molecule has 0 radical (unpaired) electrons. The van der Waals surface area contributed by atoms with Crippen LogP contribution >= 0.6 is 23.2 Å².